The van der Waals surface area contributed by atoms with Crippen molar-refractivity contribution in [2.24, 2.45) is 0 Å². The summed E-state index contributed by atoms with van der Waals surface area (Å²) in [6.07, 6.45) is 3.64. The first-order valence-corrected chi connectivity index (χ1v) is 5.62. The normalized spacial score (nSPS) is 16.1. The first kappa shape index (κ1) is 9.78. The zero-order valence-electron chi connectivity index (χ0n) is 8.22. The lowest BCUT2D eigenvalue weighted by atomic mass is 10.1. The van der Waals surface area contributed by atoms with E-state index in [4.69, 9.17) is 4.74 Å². The zero-order chi connectivity index (χ0) is 9.97. The number of rotatable bonds is 2. The van der Waals surface area contributed by atoms with E-state index < -0.39 is 0 Å². The summed E-state index contributed by atoms with van der Waals surface area (Å²) in [4.78, 5) is 0. The van der Waals surface area contributed by atoms with Gasteiger partial charge < -0.3 is 4.74 Å². The summed E-state index contributed by atoms with van der Waals surface area (Å²) >= 11 is 3.63. The van der Waals surface area contributed by atoms with Crippen LogP contribution in [-0.2, 0) is 0 Å². The van der Waals surface area contributed by atoms with Crippen molar-refractivity contribution in [2.75, 3.05) is 7.11 Å². The van der Waals surface area contributed by atoms with Crippen molar-refractivity contribution in [1.82, 2.24) is 0 Å². The number of ether oxygens (including phenoxy) is 1. The third-order valence-corrected chi connectivity index (χ3v) is 3.46. The summed E-state index contributed by atoms with van der Waals surface area (Å²) in [5, 5.41) is 0. The topological polar surface area (TPSA) is 9.23 Å². The highest BCUT2D eigenvalue weighted by Gasteiger charge is 2.13. The Morgan fingerprint density at radius 1 is 1.14 bits per heavy atom. The monoisotopic (exact) mass is 252 g/mol. The van der Waals surface area contributed by atoms with Crippen LogP contribution in [0.15, 0.2) is 28.7 Å². The number of halogens is 1. The Morgan fingerprint density at radius 3 is 2.36 bits per heavy atom. The zero-order valence-corrected chi connectivity index (χ0v) is 9.80. The fourth-order valence-corrected chi connectivity index (χ4v) is 2.51. The average Bonchev–Trinajstić information content (AvgIpc) is 2.65. The van der Waals surface area contributed by atoms with Crippen molar-refractivity contribution in [3.05, 3.63) is 34.3 Å². The Bertz CT molecular complexity index is 351. The van der Waals surface area contributed by atoms with Gasteiger partial charge in [-0.05, 0) is 47.0 Å². The van der Waals surface area contributed by atoms with Gasteiger partial charge in [-0.25, -0.2) is 0 Å². The third-order valence-electron chi connectivity index (χ3n) is 2.59. The van der Waals surface area contributed by atoms with Gasteiger partial charge in [-0.2, -0.15) is 0 Å². The Kier molecular flexibility index (Phi) is 2.92. The predicted molar refractivity (Wildman–Crippen MR) is 62.7 cm³/mol. The number of hydrogen-bond acceptors (Lipinski definition) is 1. The molecule has 0 aromatic heterocycles. The van der Waals surface area contributed by atoms with E-state index in [0.717, 1.165) is 5.75 Å². The molecule has 0 atom stereocenters. The molecule has 1 aromatic rings. The highest BCUT2D eigenvalue weighted by atomic mass is 79.9. The first-order valence-electron chi connectivity index (χ1n) is 4.83. The van der Waals surface area contributed by atoms with Gasteiger partial charge in [0.15, 0.2) is 0 Å². The van der Waals surface area contributed by atoms with E-state index >= 15 is 0 Å². The molecule has 2 heteroatoms. The third kappa shape index (κ3) is 1.85. The van der Waals surface area contributed by atoms with Gasteiger partial charge >= 0.3 is 0 Å². The van der Waals surface area contributed by atoms with Gasteiger partial charge in [-0.15, -0.1) is 0 Å². The van der Waals surface area contributed by atoms with Crippen molar-refractivity contribution >= 4 is 21.5 Å². The van der Waals surface area contributed by atoms with Crippen LogP contribution in [0.4, 0.5) is 0 Å². The summed E-state index contributed by atoms with van der Waals surface area (Å²) in [5.41, 5.74) is 2.77. The minimum absolute atomic E-state index is 0.920. The molecule has 1 nitrogen and oxygen atoms in total. The molecule has 2 rings (SSSR count). The molecule has 0 spiro atoms. The van der Waals surface area contributed by atoms with Gasteiger partial charge in [0.2, 0.25) is 0 Å². The van der Waals surface area contributed by atoms with Crippen LogP contribution < -0.4 is 4.74 Å². The lowest BCUT2D eigenvalue weighted by Crippen LogP contribution is -1.84. The van der Waals surface area contributed by atoms with Gasteiger partial charge in [-0.1, -0.05) is 28.1 Å². The van der Waals surface area contributed by atoms with Crippen LogP contribution in [0, 0.1) is 0 Å². The van der Waals surface area contributed by atoms with E-state index in [1.807, 2.05) is 12.1 Å². The van der Waals surface area contributed by atoms with Crippen molar-refractivity contribution in [1.29, 1.82) is 0 Å². The van der Waals surface area contributed by atoms with Crippen molar-refractivity contribution < 1.29 is 4.74 Å². The molecule has 14 heavy (non-hydrogen) atoms. The molecule has 1 aliphatic carbocycles. The Morgan fingerprint density at radius 2 is 1.86 bits per heavy atom. The SMILES string of the molecule is COc1ccc(C2=C(Br)CCC2)cc1. The molecule has 74 valence electrons. The fourth-order valence-electron chi connectivity index (χ4n) is 1.80. The number of benzene rings is 1. The van der Waals surface area contributed by atoms with E-state index in [1.165, 1.54) is 34.9 Å². The lowest BCUT2D eigenvalue weighted by Gasteiger charge is -2.04. The highest BCUT2D eigenvalue weighted by molar-refractivity contribution is 9.11. The lowest BCUT2D eigenvalue weighted by molar-refractivity contribution is 0.415. The number of hydrogen-bond donors (Lipinski definition) is 0. The quantitative estimate of drug-likeness (QED) is 0.774. The minimum Gasteiger partial charge on any atom is -0.497 e. The Labute approximate surface area is 92.9 Å². The molecule has 0 saturated carbocycles. The smallest absolute Gasteiger partial charge is 0.118 e. The molecule has 1 aliphatic rings. The first-order chi connectivity index (χ1) is 6.81. The largest absolute Gasteiger partial charge is 0.497 e. The van der Waals surface area contributed by atoms with Crippen LogP contribution in [0.3, 0.4) is 0 Å². The van der Waals surface area contributed by atoms with Crippen LogP contribution in [0.5, 0.6) is 5.75 Å². The summed E-state index contributed by atoms with van der Waals surface area (Å²) in [6.45, 7) is 0. The molecule has 0 amide bonds. The maximum Gasteiger partial charge on any atom is 0.118 e. The van der Waals surface area contributed by atoms with Crippen LogP contribution in [0.25, 0.3) is 5.57 Å². The molecule has 0 saturated heterocycles. The van der Waals surface area contributed by atoms with Crippen LogP contribution in [0.2, 0.25) is 0 Å². The van der Waals surface area contributed by atoms with Crippen LogP contribution in [0.1, 0.15) is 24.8 Å². The van der Waals surface area contributed by atoms with Crippen molar-refractivity contribution in [3.63, 3.8) is 0 Å². The van der Waals surface area contributed by atoms with Gasteiger partial charge in [0.05, 0.1) is 7.11 Å². The minimum atomic E-state index is 0.920. The van der Waals surface area contributed by atoms with Gasteiger partial charge in [0, 0.05) is 0 Å². The van der Waals surface area contributed by atoms with Gasteiger partial charge in [0.25, 0.3) is 0 Å². The van der Waals surface area contributed by atoms with Gasteiger partial charge in [0.1, 0.15) is 5.75 Å². The van der Waals surface area contributed by atoms with Crippen molar-refractivity contribution in [2.45, 2.75) is 19.3 Å². The summed E-state index contributed by atoms with van der Waals surface area (Å²) in [6, 6.07) is 8.28. The van der Waals surface area contributed by atoms with E-state index in [1.54, 1.807) is 7.11 Å². The second-order valence-corrected chi connectivity index (χ2v) is 4.42. The molecule has 0 N–H and O–H groups in total. The molecule has 0 fully saturated rings. The highest BCUT2D eigenvalue weighted by Crippen LogP contribution is 2.37. The fraction of sp³-hybridized carbons (Fsp3) is 0.333. The Balaban J connectivity index is 2.29. The second-order valence-electron chi connectivity index (χ2n) is 3.47. The number of allylic oxidation sites excluding steroid dienone is 2. The van der Waals surface area contributed by atoms with Crippen molar-refractivity contribution in [3.8, 4) is 5.75 Å². The summed E-state index contributed by atoms with van der Waals surface area (Å²) in [5.74, 6) is 0.920. The molecular formula is C12H13BrO. The maximum absolute atomic E-state index is 5.13. The van der Waals surface area contributed by atoms with E-state index in [9.17, 15) is 0 Å². The predicted octanol–water partition coefficient (Wildman–Crippen LogP) is 3.99. The van der Waals surface area contributed by atoms with Gasteiger partial charge in [-0.3, -0.25) is 0 Å². The van der Waals surface area contributed by atoms with Crippen LogP contribution >= 0.6 is 15.9 Å². The number of methoxy groups -OCH3 is 1. The standard InChI is InChI=1S/C12H13BrO/c1-14-10-7-5-9(6-8-10)11-3-2-4-12(11)13/h5-8H,2-4H2,1H3. The Hall–Kier alpha value is -0.760. The summed E-state index contributed by atoms with van der Waals surface area (Å²) in [7, 11) is 1.69. The van der Waals surface area contributed by atoms with E-state index in [-0.39, 0.29) is 0 Å². The molecule has 0 bridgehead atoms. The summed E-state index contributed by atoms with van der Waals surface area (Å²) < 4.78 is 6.49. The molecule has 0 unspecified atom stereocenters. The molecule has 1 aromatic carbocycles. The molecule has 0 aliphatic heterocycles. The van der Waals surface area contributed by atoms with E-state index in [0.29, 0.717) is 0 Å². The van der Waals surface area contributed by atoms with Crippen LogP contribution in [-0.4, -0.2) is 7.11 Å². The molecule has 0 heterocycles. The molecule has 0 radical (unpaired) electrons. The average molecular weight is 253 g/mol. The maximum atomic E-state index is 5.13. The molecular weight excluding hydrogens is 240 g/mol. The second kappa shape index (κ2) is 4.18. The van der Waals surface area contributed by atoms with E-state index in [2.05, 4.69) is 28.1 Å².